The molecule has 20 heavy (non-hydrogen) atoms. The summed E-state index contributed by atoms with van der Waals surface area (Å²) in [7, 11) is 0. The third-order valence-electron chi connectivity index (χ3n) is 2.83. The number of aliphatic imine (C=N–C) groups is 1. The molecule has 0 bridgehead atoms. The van der Waals surface area contributed by atoms with Crippen LogP contribution in [0.2, 0.25) is 0 Å². The van der Waals surface area contributed by atoms with Crippen LogP contribution < -0.4 is 5.73 Å². The minimum absolute atomic E-state index is 0.532. The number of amidine groups is 1. The van der Waals surface area contributed by atoms with E-state index in [9.17, 15) is 0 Å². The molecule has 0 amide bonds. The van der Waals surface area contributed by atoms with Crippen LogP contribution in [0.5, 0.6) is 0 Å². The Hall–Kier alpha value is -2.28. The van der Waals surface area contributed by atoms with E-state index in [1.807, 2.05) is 37.4 Å². The van der Waals surface area contributed by atoms with Gasteiger partial charge in [-0.2, -0.15) is 4.52 Å². The Morgan fingerprint density at radius 1 is 1.35 bits per heavy atom. The van der Waals surface area contributed by atoms with Gasteiger partial charge in [-0.05, 0) is 37.4 Å². The first-order chi connectivity index (χ1) is 9.67. The number of fused-ring (bicyclic) bond motifs is 1. The Morgan fingerprint density at radius 2 is 2.10 bits per heavy atom. The quantitative estimate of drug-likeness (QED) is 0.578. The van der Waals surface area contributed by atoms with E-state index < -0.39 is 0 Å². The van der Waals surface area contributed by atoms with Crippen LogP contribution in [0.3, 0.4) is 0 Å². The van der Waals surface area contributed by atoms with Crippen molar-refractivity contribution in [3.8, 4) is 11.5 Å². The van der Waals surface area contributed by atoms with Crippen molar-refractivity contribution in [2.24, 2.45) is 10.7 Å². The minimum Gasteiger partial charge on any atom is -0.417 e. The summed E-state index contributed by atoms with van der Waals surface area (Å²) >= 11 is 1.41. The molecule has 0 saturated heterocycles. The molecule has 0 unspecified atom stereocenters. The van der Waals surface area contributed by atoms with Gasteiger partial charge in [-0.3, -0.25) is 0 Å². The van der Waals surface area contributed by atoms with Gasteiger partial charge in [-0.15, -0.1) is 5.10 Å². The predicted molar refractivity (Wildman–Crippen MR) is 80.2 cm³/mol. The molecule has 0 saturated carbocycles. The normalized spacial score (nSPS) is 12.2. The molecule has 6 nitrogen and oxygen atoms in total. The van der Waals surface area contributed by atoms with Gasteiger partial charge >= 0.3 is 0 Å². The summed E-state index contributed by atoms with van der Waals surface area (Å²) < 4.78 is 7.32. The molecule has 7 heteroatoms. The van der Waals surface area contributed by atoms with E-state index in [2.05, 4.69) is 15.1 Å². The molecule has 0 aliphatic rings. The maximum absolute atomic E-state index is 5.68. The van der Waals surface area contributed by atoms with Gasteiger partial charge in [0.25, 0.3) is 0 Å². The fourth-order valence-corrected chi connectivity index (χ4v) is 1.98. The first kappa shape index (κ1) is 12.7. The summed E-state index contributed by atoms with van der Waals surface area (Å²) in [5, 5.41) is 4.90. The van der Waals surface area contributed by atoms with E-state index in [4.69, 9.17) is 10.2 Å². The van der Waals surface area contributed by atoms with Crippen LogP contribution in [0, 0.1) is 6.92 Å². The molecular weight excluding hydrogens is 274 g/mol. The van der Waals surface area contributed by atoms with E-state index in [0.29, 0.717) is 16.8 Å². The van der Waals surface area contributed by atoms with Gasteiger partial charge in [0.05, 0.1) is 11.9 Å². The van der Waals surface area contributed by atoms with Crippen LogP contribution in [0.1, 0.15) is 5.82 Å². The first-order valence-corrected chi connectivity index (χ1v) is 7.19. The summed E-state index contributed by atoms with van der Waals surface area (Å²) in [4.78, 5) is 8.37. The number of aryl methyl sites for hydroxylation is 1. The summed E-state index contributed by atoms with van der Waals surface area (Å²) in [6, 6.07) is 7.56. The molecule has 0 atom stereocenters. The number of nitrogens with zero attached hydrogens (tertiary/aromatic N) is 4. The van der Waals surface area contributed by atoms with Crippen molar-refractivity contribution in [2.75, 3.05) is 6.26 Å². The van der Waals surface area contributed by atoms with Gasteiger partial charge in [0.15, 0.2) is 5.17 Å². The molecule has 3 rings (SSSR count). The fourth-order valence-electron chi connectivity index (χ4n) is 1.79. The van der Waals surface area contributed by atoms with Gasteiger partial charge < -0.3 is 10.2 Å². The molecule has 1 aromatic carbocycles. The average molecular weight is 287 g/mol. The van der Waals surface area contributed by atoms with Crippen LogP contribution in [-0.2, 0) is 0 Å². The van der Waals surface area contributed by atoms with E-state index in [1.54, 1.807) is 10.7 Å². The highest BCUT2D eigenvalue weighted by molar-refractivity contribution is 8.13. The van der Waals surface area contributed by atoms with Crippen molar-refractivity contribution >= 4 is 28.3 Å². The summed E-state index contributed by atoms with van der Waals surface area (Å²) in [6.45, 7) is 1.88. The zero-order valence-corrected chi connectivity index (χ0v) is 11.9. The second kappa shape index (κ2) is 5.01. The Kier molecular flexibility index (Phi) is 3.19. The number of benzene rings is 1. The van der Waals surface area contributed by atoms with Crippen molar-refractivity contribution in [2.45, 2.75) is 6.92 Å². The lowest BCUT2D eigenvalue weighted by atomic mass is 10.2. The number of hydrogen-bond acceptors (Lipinski definition) is 5. The second-order valence-electron chi connectivity index (χ2n) is 4.16. The molecule has 0 aliphatic carbocycles. The molecule has 102 valence electrons. The number of thioether (sulfide) groups is 1. The highest BCUT2D eigenvalue weighted by atomic mass is 32.2. The first-order valence-electron chi connectivity index (χ1n) is 5.97. The van der Waals surface area contributed by atoms with Gasteiger partial charge in [-0.1, -0.05) is 11.8 Å². The number of aromatic nitrogens is 3. The Morgan fingerprint density at radius 3 is 2.75 bits per heavy atom. The summed E-state index contributed by atoms with van der Waals surface area (Å²) in [5.41, 5.74) is 8.00. The standard InChI is InChI=1S/C13H13N5OS/c1-8-15-7-11-18(8)17-12(19-11)9-3-5-10(6-4-9)16-13(14)20-2/h3-7H,1-2H3,(H2,14,16). The van der Waals surface area contributed by atoms with E-state index in [-0.39, 0.29) is 0 Å². The lowest BCUT2D eigenvalue weighted by Crippen LogP contribution is -2.03. The lowest BCUT2D eigenvalue weighted by molar-refractivity contribution is 0.617. The van der Waals surface area contributed by atoms with Crippen LogP contribution in [0.4, 0.5) is 5.69 Å². The van der Waals surface area contributed by atoms with Gasteiger partial charge in [-0.25, -0.2) is 9.98 Å². The highest BCUT2D eigenvalue weighted by Gasteiger charge is 2.10. The number of nitrogens with two attached hydrogens (primary N) is 1. The smallest absolute Gasteiger partial charge is 0.246 e. The van der Waals surface area contributed by atoms with E-state index >= 15 is 0 Å². The molecule has 2 aromatic heterocycles. The molecule has 0 aliphatic heterocycles. The monoisotopic (exact) mass is 287 g/mol. The lowest BCUT2D eigenvalue weighted by Gasteiger charge is -1.98. The summed E-state index contributed by atoms with van der Waals surface area (Å²) in [6.07, 6.45) is 3.54. The number of imidazole rings is 1. The van der Waals surface area contributed by atoms with Crippen LogP contribution >= 0.6 is 11.8 Å². The van der Waals surface area contributed by atoms with Crippen molar-refractivity contribution in [3.05, 3.63) is 36.3 Å². The zero-order valence-electron chi connectivity index (χ0n) is 11.1. The van der Waals surface area contributed by atoms with Crippen LogP contribution in [0.25, 0.3) is 17.2 Å². The molecule has 2 N–H and O–H groups in total. The maximum Gasteiger partial charge on any atom is 0.246 e. The van der Waals surface area contributed by atoms with Gasteiger partial charge in [0, 0.05) is 5.56 Å². The third-order valence-corrected chi connectivity index (χ3v) is 3.34. The predicted octanol–water partition coefficient (Wildman–Crippen LogP) is 2.61. The largest absolute Gasteiger partial charge is 0.417 e. The number of rotatable bonds is 2. The van der Waals surface area contributed by atoms with Crippen LogP contribution in [-0.4, -0.2) is 26.0 Å². The van der Waals surface area contributed by atoms with Crippen molar-refractivity contribution < 1.29 is 4.42 Å². The average Bonchev–Trinajstić information content (AvgIpc) is 3.02. The van der Waals surface area contributed by atoms with E-state index in [1.165, 1.54) is 11.8 Å². The summed E-state index contributed by atoms with van der Waals surface area (Å²) in [5.74, 6) is 1.35. The van der Waals surface area contributed by atoms with Crippen LogP contribution in [0.15, 0.2) is 39.9 Å². The molecule has 2 heterocycles. The molecule has 0 spiro atoms. The fraction of sp³-hybridized carbons (Fsp3) is 0.154. The molecule has 0 fully saturated rings. The minimum atomic E-state index is 0.532. The Balaban J connectivity index is 1.94. The van der Waals surface area contributed by atoms with Crippen molar-refractivity contribution in [3.63, 3.8) is 0 Å². The number of hydrogen-bond donors (Lipinski definition) is 1. The van der Waals surface area contributed by atoms with Crippen molar-refractivity contribution in [1.29, 1.82) is 0 Å². The highest BCUT2D eigenvalue weighted by Crippen LogP contribution is 2.23. The van der Waals surface area contributed by atoms with Gasteiger partial charge in [0.1, 0.15) is 5.82 Å². The maximum atomic E-state index is 5.68. The van der Waals surface area contributed by atoms with E-state index in [0.717, 1.165) is 17.1 Å². The van der Waals surface area contributed by atoms with Crippen molar-refractivity contribution in [1.82, 2.24) is 14.6 Å². The Bertz CT molecular complexity index is 772. The molecular formula is C13H13N5OS. The molecule has 0 radical (unpaired) electrons. The molecule has 3 aromatic rings. The Labute approximate surface area is 119 Å². The third kappa shape index (κ3) is 2.27. The van der Waals surface area contributed by atoms with Gasteiger partial charge in [0.2, 0.25) is 11.6 Å². The SMILES string of the molecule is CSC(N)=Nc1ccc(-c2nn3c(C)ncc3o2)cc1. The topological polar surface area (TPSA) is 81.7 Å². The zero-order chi connectivity index (χ0) is 14.1. The second-order valence-corrected chi connectivity index (χ2v) is 4.99.